The van der Waals surface area contributed by atoms with E-state index in [0.717, 1.165) is 17.5 Å². The molecule has 0 atom stereocenters. The molecule has 0 saturated carbocycles. The first-order chi connectivity index (χ1) is 10.8. The number of hydrogen-bond donors (Lipinski definition) is 2. The molecule has 6 nitrogen and oxygen atoms in total. The van der Waals surface area contributed by atoms with Crippen molar-refractivity contribution < 1.29 is 13.2 Å². The van der Waals surface area contributed by atoms with Crippen molar-refractivity contribution in [2.45, 2.75) is 25.3 Å². The maximum Gasteiger partial charge on any atom is 0.319 e. The van der Waals surface area contributed by atoms with Gasteiger partial charge in [-0.1, -0.05) is 12.1 Å². The fraction of sp³-hybridized carbons (Fsp3) is 0.250. The van der Waals surface area contributed by atoms with Crippen LogP contribution in [-0.2, 0) is 16.4 Å². The van der Waals surface area contributed by atoms with Crippen molar-refractivity contribution in [1.82, 2.24) is 10.3 Å². The molecule has 2 amide bonds. The van der Waals surface area contributed by atoms with E-state index in [4.69, 9.17) is 0 Å². The maximum absolute atomic E-state index is 12.0. The number of urea groups is 1. The third-order valence-corrected chi connectivity index (χ3v) is 4.64. The lowest BCUT2D eigenvalue weighted by Crippen LogP contribution is -2.28. The lowest BCUT2D eigenvalue weighted by Gasteiger charge is -2.11. The second kappa shape index (κ2) is 6.78. The third-order valence-electron chi connectivity index (χ3n) is 3.40. The highest BCUT2D eigenvalue weighted by Gasteiger charge is 2.12. The van der Waals surface area contributed by atoms with Crippen LogP contribution in [0.25, 0.3) is 0 Å². The number of nitrogens with one attached hydrogen (secondary N) is 2. The topological polar surface area (TPSA) is 88.2 Å². The largest absolute Gasteiger partial charge is 0.334 e. The van der Waals surface area contributed by atoms with Crippen LogP contribution in [0.4, 0.5) is 10.5 Å². The first kappa shape index (κ1) is 17.0. The number of benzene rings is 1. The van der Waals surface area contributed by atoms with Crippen LogP contribution in [0.15, 0.2) is 41.4 Å². The van der Waals surface area contributed by atoms with Crippen LogP contribution in [0.5, 0.6) is 0 Å². The molecule has 0 aliphatic carbocycles. The number of rotatable bonds is 4. The Morgan fingerprint density at radius 3 is 2.61 bits per heavy atom. The first-order valence-electron chi connectivity index (χ1n) is 7.03. The number of pyridine rings is 1. The van der Waals surface area contributed by atoms with Gasteiger partial charge < -0.3 is 10.6 Å². The van der Waals surface area contributed by atoms with E-state index in [1.807, 2.05) is 13.0 Å². The van der Waals surface area contributed by atoms with E-state index < -0.39 is 15.9 Å². The van der Waals surface area contributed by atoms with Gasteiger partial charge in [-0.05, 0) is 43.2 Å². The molecule has 0 bridgehead atoms. The van der Waals surface area contributed by atoms with E-state index in [9.17, 15) is 13.2 Å². The van der Waals surface area contributed by atoms with Crippen molar-refractivity contribution in [1.29, 1.82) is 0 Å². The fourth-order valence-corrected chi connectivity index (χ4v) is 3.13. The van der Waals surface area contributed by atoms with Gasteiger partial charge >= 0.3 is 6.03 Å². The number of amides is 2. The van der Waals surface area contributed by atoms with E-state index in [-0.39, 0.29) is 4.90 Å². The summed E-state index contributed by atoms with van der Waals surface area (Å²) in [5, 5.41) is 5.36. The minimum absolute atomic E-state index is 0.207. The molecule has 0 fully saturated rings. The second-order valence-electron chi connectivity index (χ2n) is 5.31. The number of nitrogens with zero attached hydrogens (tertiary/aromatic N) is 1. The monoisotopic (exact) mass is 333 g/mol. The van der Waals surface area contributed by atoms with Crippen LogP contribution in [0.2, 0.25) is 0 Å². The van der Waals surface area contributed by atoms with Gasteiger partial charge in [0.15, 0.2) is 9.84 Å². The number of hydrogen-bond acceptors (Lipinski definition) is 4. The summed E-state index contributed by atoms with van der Waals surface area (Å²) in [5.41, 5.74) is 2.84. The third kappa shape index (κ3) is 4.53. The number of aryl methyl sites for hydroxylation is 2. The smallest absolute Gasteiger partial charge is 0.319 e. The molecule has 1 aromatic heterocycles. The predicted octanol–water partition coefficient (Wildman–Crippen LogP) is 2.42. The summed E-state index contributed by atoms with van der Waals surface area (Å²) >= 11 is 0. The molecule has 2 rings (SSSR count). The summed E-state index contributed by atoms with van der Waals surface area (Å²) in [4.78, 5) is 16.3. The van der Waals surface area contributed by atoms with E-state index >= 15 is 0 Å². The molecular weight excluding hydrogens is 314 g/mol. The molecule has 1 aromatic carbocycles. The molecule has 7 heteroatoms. The minimum Gasteiger partial charge on any atom is -0.334 e. The van der Waals surface area contributed by atoms with Gasteiger partial charge in [-0.25, -0.2) is 13.2 Å². The average Bonchev–Trinajstić information content (AvgIpc) is 2.47. The van der Waals surface area contributed by atoms with Gasteiger partial charge in [0.1, 0.15) is 0 Å². The van der Waals surface area contributed by atoms with Crippen molar-refractivity contribution in [3.63, 3.8) is 0 Å². The van der Waals surface area contributed by atoms with Crippen LogP contribution in [-0.4, -0.2) is 25.7 Å². The van der Waals surface area contributed by atoms with E-state index in [2.05, 4.69) is 15.6 Å². The average molecular weight is 333 g/mol. The molecule has 1 heterocycles. The van der Waals surface area contributed by atoms with Crippen molar-refractivity contribution in [3.8, 4) is 0 Å². The quantitative estimate of drug-likeness (QED) is 0.899. The highest BCUT2D eigenvalue weighted by molar-refractivity contribution is 7.90. The van der Waals surface area contributed by atoms with Crippen LogP contribution >= 0.6 is 0 Å². The van der Waals surface area contributed by atoms with Crippen LogP contribution in [0.1, 0.15) is 16.8 Å². The normalized spacial score (nSPS) is 11.1. The summed E-state index contributed by atoms with van der Waals surface area (Å²) in [6.45, 7) is 3.93. The van der Waals surface area contributed by atoms with Gasteiger partial charge in [0.2, 0.25) is 0 Å². The molecular formula is C16H19N3O3S. The number of sulfone groups is 1. The Morgan fingerprint density at radius 1 is 1.22 bits per heavy atom. The molecule has 0 unspecified atom stereocenters. The van der Waals surface area contributed by atoms with Crippen molar-refractivity contribution in [2.24, 2.45) is 0 Å². The van der Waals surface area contributed by atoms with Crippen LogP contribution in [0, 0.1) is 13.8 Å². The maximum atomic E-state index is 12.0. The van der Waals surface area contributed by atoms with Crippen molar-refractivity contribution >= 4 is 21.6 Å². The molecule has 0 spiro atoms. The summed E-state index contributed by atoms with van der Waals surface area (Å²) < 4.78 is 23.4. The lowest BCUT2D eigenvalue weighted by atomic mass is 10.2. The molecule has 2 aromatic rings. The molecule has 23 heavy (non-hydrogen) atoms. The highest BCUT2D eigenvalue weighted by atomic mass is 32.2. The predicted molar refractivity (Wildman–Crippen MR) is 89.1 cm³/mol. The molecule has 122 valence electrons. The standard InChI is InChI=1S/C16H19N3O3S/c1-11-6-7-14(9-15(11)23(3,21)22)19-16(20)18-10-13-5-4-8-17-12(13)2/h4-9H,10H2,1-3H3,(H2,18,19,20). The summed E-state index contributed by atoms with van der Waals surface area (Å²) in [7, 11) is -3.33. The minimum atomic E-state index is -3.33. The van der Waals surface area contributed by atoms with Gasteiger partial charge in [0.05, 0.1) is 4.90 Å². The molecule has 0 radical (unpaired) electrons. The van der Waals surface area contributed by atoms with Crippen LogP contribution in [0.3, 0.4) is 0 Å². The number of aromatic nitrogens is 1. The van der Waals surface area contributed by atoms with Gasteiger partial charge in [-0.15, -0.1) is 0 Å². The zero-order valence-corrected chi connectivity index (χ0v) is 14.1. The molecule has 2 N–H and O–H groups in total. The van der Waals surface area contributed by atoms with Crippen LogP contribution < -0.4 is 10.6 Å². The van der Waals surface area contributed by atoms with Crippen molar-refractivity contribution in [3.05, 3.63) is 53.3 Å². The zero-order valence-electron chi connectivity index (χ0n) is 13.3. The molecule has 0 aliphatic heterocycles. The van der Waals surface area contributed by atoms with Gasteiger partial charge in [0, 0.05) is 30.4 Å². The second-order valence-corrected chi connectivity index (χ2v) is 7.29. The van der Waals surface area contributed by atoms with Gasteiger partial charge in [-0.3, -0.25) is 4.98 Å². The van der Waals surface area contributed by atoms with Crippen molar-refractivity contribution in [2.75, 3.05) is 11.6 Å². The Balaban J connectivity index is 2.05. The summed E-state index contributed by atoms with van der Waals surface area (Å²) in [5.74, 6) is 0. The summed E-state index contributed by atoms with van der Waals surface area (Å²) in [6, 6.07) is 8.07. The zero-order chi connectivity index (χ0) is 17.0. The Kier molecular flexibility index (Phi) is 5.00. The number of carbonyl (C=O) groups is 1. The lowest BCUT2D eigenvalue weighted by molar-refractivity contribution is 0.251. The van der Waals surface area contributed by atoms with E-state index in [0.29, 0.717) is 17.8 Å². The molecule has 0 saturated heterocycles. The Bertz CT molecular complexity index is 832. The van der Waals surface area contributed by atoms with E-state index in [1.165, 1.54) is 6.07 Å². The molecule has 0 aliphatic rings. The Hall–Kier alpha value is -2.41. The SMILES string of the molecule is Cc1ccc(NC(=O)NCc2cccnc2C)cc1S(C)(=O)=O. The number of carbonyl (C=O) groups excluding carboxylic acids is 1. The van der Waals surface area contributed by atoms with Gasteiger partial charge in [-0.2, -0.15) is 0 Å². The highest BCUT2D eigenvalue weighted by Crippen LogP contribution is 2.20. The fourth-order valence-electron chi connectivity index (χ4n) is 2.13. The van der Waals surface area contributed by atoms with E-state index in [1.54, 1.807) is 31.3 Å². The number of anilines is 1. The van der Waals surface area contributed by atoms with Gasteiger partial charge in [0.25, 0.3) is 0 Å². The Labute approximate surface area is 135 Å². The Morgan fingerprint density at radius 2 is 1.96 bits per heavy atom. The summed E-state index contributed by atoms with van der Waals surface area (Å²) in [6.07, 6.45) is 2.84. The first-order valence-corrected chi connectivity index (χ1v) is 8.92.